The summed E-state index contributed by atoms with van der Waals surface area (Å²) in [6.45, 7) is 6.74. The summed E-state index contributed by atoms with van der Waals surface area (Å²) < 4.78 is 113. The van der Waals surface area contributed by atoms with Crippen LogP contribution in [0.15, 0.2) is 91.3 Å². The summed E-state index contributed by atoms with van der Waals surface area (Å²) in [5.41, 5.74) is 3.89. The molecular formula is C41H27F8IrN8-3. The molecule has 4 aromatic carbocycles. The van der Waals surface area contributed by atoms with E-state index < -0.39 is 46.5 Å². The first-order chi connectivity index (χ1) is 27.2. The van der Waals surface area contributed by atoms with E-state index in [2.05, 4.69) is 45.2 Å². The normalized spacial score (nSPS) is 10.6. The van der Waals surface area contributed by atoms with Gasteiger partial charge in [0.1, 0.15) is 34.6 Å². The summed E-state index contributed by atoms with van der Waals surface area (Å²) in [6, 6.07) is 20.4. The zero-order valence-electron chi connectivity index (χ0n) is 30.6. The monoisotopic (exact) mass is 976 g/mol. The van der Waals surface area contributed by atoms with E-state index in [1.807, 2.05) is 18.2 Å². The fourth-order valence-corrected chi connectivity index (χ4v) is 5.41. The van der Waals surface area contributed by atoms with Crippen LogP contribution in [0.4, 0.5) is 35.1 Å². The third-order valence-electron chi connectivity index (χ3n) is 8.52. The smallest absolute Gasteiger partial charge is 0.267 e. The summed E-state index contributed by atoms with van der Waals surface area (Å²) in [7, 11) is 0. The van der Waals surface area contributed by atoms with Gasteiger partial charge in [-0.2, -0.15) is 12.1 Å². The quantitative estimate of drug-likeness (QED) is 0.102. The number of nitrogens with zero attached hydrogens (tertiary/aromatic N) is 8. The molecule has 17 heteroatoms. The Balaban J connectivity index is 0.000000174. The molecule has 4 aromatic heterocycles. The molecule has 0 bridgehead atoms. The van der Waals surface area contributed by atoms with Gasteiger partial charge in [-0.15, -0.1) is 24.3 Å². The number of halogens is 8. The van der Waals surface area contributed by atoms with E-state index in [1.54, 1.807) is 40.1 Å². The molecule has 8 rings (SSSR count). The third kappa shape index (κ3) is 9.27. The number of benzene rings is 4. The number of pyridine rings is 1. The van der Waals surface area contributed by atoms with Crippen molar-refractivity contribution < 1.29 is 64.4 Å². The summed E-state index contributed by atoms with van der Waals surface area (Å²) >= 11 is 0. The van der Waals surface area contributed by atoms with E-state index in [-0.39, 0.29) is 42.9 Å². The molecule has 0 aliphatic heterocycles. The molecule has 0 spiro atoms. The van der Waals surface area contributed by atoms with Gasteiger partial charge in [0, 0.05) is 73.1 Å². The van der Waals surface area contributed by atoms with Crippen LogP contribution in [0.25, 0.3) is 34.1 Å². The van der Waals surface area contributed by atoms with E-state index >= 15 is 0 Å². The van der Waals surface area contributed by atoms with Gasteiger partial charge in [0.2, 0.25) is 0 Å². The number of hydrogen-bond acceptors (Lipinski definition) is 3. The molecule has 0 amide bonds. The molecule has 0 fully saturated rings. The maximum Gasteiger partial charge on any atom is 0.267 e. The predicted octanol–water partition coefficient (Wildman–Crippen LogP) is 7.55. The van der Waals surface area contributed by atoms with Crippen molar-refractivity contribution in [2.45, 2.75) is 27.7 Å². The van der Waals surface area contributed by atoms with Gasteiger partial charge < -0.3 is 19.3 Å². The summed E-state index contributed by atoms with van der Waals surface area (Å²) in [5, 5.41) is 10.8. The van der Waals surface area contributed by atoms with Crippen molar-refractivity contribution in [2.75, 3.05) is 0 Å². The van der Waals surface area contributed by atoms with Crippen LogP contribution in [0.5, 0.6) is 0 Å². The van der Waals surface area contributed by atoms with Crippen LogP contribution >= 0.6 is 0 Å². The van der Waals surface area contributed by atoms with Crippen LogP contribution < -0.4 is 14.2 Å². The Morgan fingerprint density at radius 3 is 1.43 bits per heavy atom. The molecule has 0 saturated carbocycles. The minimum absolute atomic E-state index is 0. The van der Waals surface area contributed by atoms with E-state index in [4.69, 9.17) is 0 Å². The minimum Gasteiger partial charge on any atom is -0.358 e. The van der Waals surface area contributed by atoms with Crippen molar-refractivity contribution in [2.24, 2.45) is 0 Å². The van der Waals surface area contributed by atoms with Crippen molar-refractivity contribution in [1.82, 2.24) is 29.5 Å². The van der Waals surface area contributed by atoms with E-state index in [0.29, 0.717) is 28.5 Å². The molecule has 58 heavy (non-hydrogen) atoms. The number of rotatable bonds is 5. The van der Waals surface area contributed by atoms with Crippen molar-refractivity contribution in [3.63, 3.8) is 0 Å². The predicted molar refractivity (Wildman–Crippen MR) is 187 cm³/mol. The maximum absolute atomic E-state index is 14.0. The molecule has 0 aliphatic carbocycles. The maximum atomic E-state index is 14.0. The number of aromatic nitrogens is 8. The molecule has 0 saturated heterocycles. The van der Waals surface area contributed by atoms with Gasteiger partial charge in [-0.1, -0.05) is 12.3 Å². The molecule has 0 aliphatic rings. The SMILES string of the molecule is Cc1c(C)[n+](-c2ccc(F)cc2F)[c-]n1-c1[c-]cc(F)cc1F.Cc1c(C)[n+](-c2ccc(F)cc2F)[c-]n1-c1[c-]cc(F)cc1F.[Ir].c1ccc(-c2cnn[n-]2)nc1. The van der Waals surface area contributed by atoms with Gasteiger partial charge in [-0.3, -0.25) is 36.9 Å². The number of imidazole rings is 2. The van der Waals surface area contributed by atoms with Crippen LogP contribution in [0.2, 0.25) is 0 Å². The first-order valence-electron chi connectivity index (χ1n) is 16.7. The fourth-order valence-electron chi connectivity index (χ4n) is 5.41. The number of hydrogen-bond donors (Lipinski definition) is 0. The molecule has 4 heterocycles. The molecule has 0 N–H and O–H groups in total. The van der Waals surface area contributed by atoms with Gasteiger partial charge in [-0.05, 0) is 81.2 Å². The Morgan fingerprint density at radius 2 is 1.05 bits per heavy atom. The molecule has 1 radical (unpaired) electrons. The standard InChI is InChI=1S/2C17H11F4N2.C7H5N4.Ir/c2*1-10-11(2)23(17-6-4-13(19)8-15(17)21)9-22(10)16-5-3-12(18)7-14(16)20;1-2-4-8-6(3-1)7-5-9-11-10-7;/h2*3-5,7-8H,1-2H3;1-5H;/q3*-1;. The Morgan fingerprint density at radius 1 is 0.586 bits per heavy atom. The summed E-state index contributed by atoms with van der Waals surface area (Å²) in [4.78, 5) is 4.08. The Bertz CT molecular complexity index is 2390. The largest absolute Gasteiger partial charge is 0.358 e. The molecule has 8 nitrogen and oxygen atoms in total. The average molecular weight is 976 g/mol. The Kier molecular flexibility index (Phi) is 13.5. The first-order valence-corrected chi connectivity index (χ1v) is 16.7. The van der Waals surface area contributed by atoms with Crippen LogP contribution in [0.3, 0.4) is 0 Å². The molecule has 0 atom stereocenters. The van der Waals surface area contributed by atoms with Gasteiger partial charge in [-0.25, -0.2) is 17.6 Å². The van der Waals surface area contributed by atoms with Crippen molar-refractivity contribution in [3.05, 3.63) is 185 Å². The van der Waals surface area contributed by atoms with Crippen LogP contribution in [0, 0.1) is 99.0 Å². The van der Waals surface area contributed by atoms with Gasteiger partial charge in [0.05, 0.1) is 17.1 Å². The molecule has 299 valence electrons. The summed E-state index contributed by atoms with van der Waals surface area (Å²) in [5.74, 6) is -6.05. The van der Waals surface area contributed by atoms with Gasteiger partial charge in [0.25, 0.3) is 12.7 Å². The molecule has 0 unspecified atom stereocenters. The topological polar surface area (TPSA) is 70.4 Å². The first kappa shape index (κ1) is 42.8. The zero-order valence-corrected chi connectivity index (χ0v) is 33.0. The third-order valence-corrected chi connectivity index (χ3v) is 8.52. The summed E-state index contributed by atoms with van der Waals surface area (Å²) in [6.07, 6.45) is 8.86. The van der Waals surface area contributed by atoms with Crippen LogP contribution in [-0.4, -0.2) is 24.4 Å². The molecule has 8 aromatic rings. The van der Waals surface area contributed by atoms with E-state index in [9.17, 15) is 35.1 Å². The van der Waals surface area contributed by atoms with Gasteiger partial charge >= 0.3 is 0 Å². The van der Waals surface area contributed by atoms with Crippen molar-refractivity contribution in [3.8, 4) is 34.1 Å². The second-order valence-electron chi connectivity index (χ2n) is 12.1. The van der Waals surface area contributed by atoms with Crippen LogP contribution in [0.1, 0.15) is 22.8 Å². The van der Waals surface area contributed by atoms with E-state index in [0.717, 1.165) is 54.2 Å². The minimum atomic E-state index is -0.814. The zero-order chi connectivity index (χ0) is 41.0. The second-order valence-corrected chi connectivity index (χ2v) is 12.1. The fraction of sp³-hybridized carbons (Fsp3) is 0.0976. The Labute approximate surface area is 340 Å². The van der Waals surface area contributed by atoms with Crippen molar-refractivity contribution >= 4 is 0 Å². The van der Waals surface area contributed by atoms with Crippen molar-refractivity contribution in [1.29, 1.82) is 0 Å². The van der Waals surface area contributed by atoms with E-state index in [1.165, 1.54) is 30.4 Å². The second kappa shape index (κ2) is 18.3. The average Bonchev–Trinajstić information content (AvgIpc) is 3.89. The van der Waals surface area contributed by atoms with Gasteiger partial charge in [0.15, 0.2) is 0 Å². The van der Waals surface area contributed by atoms with Crippen LogP contribution in [-0.2, 0) is 20.1 Å². The Hall–Kier alpha value is -6.32. The molecular weight excluding hydrogens is 949 g/mol.